The summed E-state index contributed by atoms with van der Waals surface area (Å²) in [6.07, 6.45) is 4.11. The lowest BCUT2D eigenvalue weighted by Gasteiger charge is -2.23. The van der Waals surface area contributed by atoms with Crippen molar-refractivity contribution in [3.05, 3.63) is 29.8 Å². The summed E-state index contributed by atoms with van der Waals surface area (Å²) in [5, 5.41) is 3.54. The molecule has 2 fully saturated rings. The molecule has 1 aliphatic carbocycles. The molecule has 2 heteroatoms. The van der Waals surface area contributed by atoms with E-state index in [0.29, 0.717) is 5.41 Å². The van der Waals surface area contributed by atoms with Gasteiger partial charge in [0.05, 0.1) is 7.11 Å². The molecule has 0 bridgehead atoms. The first-order valence-corrected chi connectivity index (χ1v) is 6.19. The van der Waals surface area contributed by atoms with Crippen LogP contribution < -0.4 is 10.1 Å². The molecule has 2 nitrogen and oxygen atoms in total. The summed E-state index contributed by atoms with van der Waals surface area (Å²) >= 11 is 0. The highest BCUT2D eigenvalue weighted by Crippen LogP contribution is 2.62. The molecule has 1 saturated carbocycles. The van der Waals surface area contributed by atoms with E-state index < -0.39 is 0 Å². The van der Waals surface area contributed by atoms with Crippen LogP contribution in [0, 0.1) is 5.41 Å². The Balaban J connectivity index is 1.74. The fourth-order valence-electron chi connectivity index (χ4n) is 3.12. The fraction of sp³-hybridized carbons (Fsp3) is 0.571. The van der Waals surface area contributed by atoms with Crippen molar-refractivity contribution in [1.29, 1.82) is 0 Å². The molecular formula is C14H19NO. The van der Waals surface area contributed by atoms with Crippen LogP contribution in [0.3, 0.4) is 0 Å². The van der Waals surface area contributed by atoms with Crippen LogP contribution in [0.4, 0.5) is 0 Å². The van der Waals surface area contributed by atoms with Crippen molar-refractivity contribution in [3.63, 3.8) is 0 Å². The van der Waals surface area contributed by atoms with Crippen molar-refractivity contribution in [3.8, 4) is 5.75 Å². The maximum Gasteiger partial charge on any atom is 0.118 e. The molecule has 86 valence electrons. The first-order valence-electron chi connectivity index (χ1n) is 6.19. The van der Waals surface area contributed by atoms with Gasteiger partial charge in [-0.2, -0.15) is 0 Å². The van der Waals surface area contributed by atoms with Gasteiger partial charge >= 0.3 is 0 Å². The van der Waals surface area contributed by atoms with Crippen LogP contribution in [0.25, 0.3) is 0 Å². The molecule has 0 aromatic heterocycles. The predicted octanol–water partition coefficient (Wildman–Crippen LogP) is 2.55. The van der Waals surface area contributed by atoms with Crippen molar-refractivity contribution in [2.75, 3.05) is 20.2 Å². The minimum absolute atomic E-state index is 0.590. The van der Waals surface area contributed by atoms with E-state index in [1.807, 2.05) is 0 Å². The van der Waals surface area contributed by atoms with E-state index in [0.717, 1.165) is 11.7 Å². The van der Waals surface area contributed by atoms with Gasteiger partial charge in [0.25, 0.3) is 0 Å². The maximum absolute atomic E-state index is 5.19. The van der Waals surface area contributed by atoms with Crippen molar-refractivity contribution >= 4 is 0 Å². The summed E-state index contributed by atoms with van der Waals surface area (Å²) < 4.78 is 5.19. The molecule has 1 saturated heterocycles. The van der Waals surface area contributed by atoms with Crippen molar-refractivity contribution < 1.29 is 4.74 Å². The van der Waals surface area contributed by atoms with Gasteiger partial charge in [-0.1, -0.05) is 12.1 Å². The summed E-state index contributed by atoms with van der Waals surface area (Å²) in [4.78, 5) is 0. The Bertz CT molecular complexity index is 365. The monoisotopic (exact) mass is 217 g/mol. The number of piperidine rings is 1. The average molecular weight is 217 g/mol. The number of nitrogens with one attached hydrogen (secondary N) is 1. The number of benzene rings is 1. The van der Waals surface area contributed by atoms with Crippen molar-refractivity contribution in [2.45, 2.75) is 25.2 Å². The third-order valence-corrected chi connectivity index (χ3v) is 4.21. The zero-order chi connectivity index (χ0) is 11.0. The van der Waals surface area contributed by atoms with Gasteiger partial charge in [0.1, 0.15) is 5.75 Å². The van der Waals surface area contributed by atoms with E-state index in [2.05, 4.69) is 29.6 Å². The highest BCUT2D eigenvalue weighted by Gasteiger charge is 2.54. The molecule has 0 radical (unpaired) electrons. The summed E-state index contributed by atoms with van der Waals surface area (Å²) in [5.41, 5.74) is 2.08. The third-order valence-electron chi connectivity index (χ3n) is 4.21. The fourth-order valence-corrected chi connectivity index (χ4v) is 3.12. The molecule has 2 unspecified atom stereocenters. The standard InChI is InChI=1S/C14H19NO/c1-16-12-5-3-11(4-6-12)13-9-14(13)7-2-8-15-10-14/h3-6,13,15H,2,7-10H2,1H3. The van der Waals surface area contributed by atoms with Gasteiger partial charge < -0.3 is 10.1 Å². The van der Waals surface area contributed by atoms with Crippen LogP contribution in [0.2, 0.25) is 0 Å². The minimum atomic E-state index is 0.590. The van der Waals surface area contributed by atoms with E-state index in [4.69, 9.17) is 4.74 Å². The van der Waals surface area contributed by atoms with E-state index in [9.17, 15) is 0 Å². The number of ether oxygens (including phenoxy) is 1. The number of methoxy groups -OCH3 is 1. The average Bonchev–Trinajstić information content (AvgIpc) is 3.04. The largest absolute Gasteiger partial charge is 0.497 e. The molecule has 1 aromatic rings. The number of rotatable bonds is 2. The van der Waals surface area contributed by atoms with Crippen LogP contribution >= 0.6 is 0 Å². The Hall–Kier alpha value is -1.02. The molecule has 1 aliphatic heterocycles. The third kappa shape index (κ3) is 1.61. The molecular weight excluding hydrogens is 198 g/mol. The lowest BCUT2D eigenvalue weighted by Crippen LogP contribution is -2.31. The second-order valence-corrected chi connectivity index (χ2v) is 5.17. The first kappa shape index (κ1) is 10.2. The highest BCUT2D eigenvalue weighted by molar-refractivity contribution is 5.35. The number of hydrogen-bond acceptors (Lipinski definition) is 2. The molecule has 2 aliphatic rings. The molecule has 1 spiro atoms. The van der Waals surface area contributed by atoms with E-state index in [1.165, 1.54) is 37.9 Å². The molecule has 1 heterocycles. The molecule has 0 amide bonds. The Morgan fingerprint density at radius 1 is 1.31 bits per heavy atom. The summed E-state index contributed by atoms with van der Waals surface area (Å²) in [6.45, 7) is 2.42. The van der Waals surface area contributed by atoms with Crippen LogP contribution in [0.1, 0.15) is 30.7 Å². The normalized spacial score (nSPS) is 32.7. The van der Waals surface area contributed by atoms with E-state index in [-0.39, 0.29) is 0 Å². The summed E-state index contributed by atoms with van der Waals surface area (Å²) in [6, 6.07) is 8.62. The zero-order valence-electron chi connectivity index (χ0n) is 9.83. The lowest BCUT2D eigenvalue weighted by atomic mass is 9.91. The Morgan fingerprint density at radius 2 is 2.12 bits per heavy atom. The Kier molecular flexibility index (Phi) is 2.40. The van der Waals surface area contributed by atoms with Gasteiger partial charge in [-0.05, 0) is 54.8 Å². The molecule has 1 N–H and O–H groups in total. The Labute approximate surface area is 97.0 Å². The zero-order valence-corrected chi connectivity index (χ0v) is 9.83. The molecule has 2 atom stereocenters. The summed E-state index contributed by atoms with van der Waals surface area (Å²) in [7, 11) is 1.72. The SMILES string of the molecule is COc1ccc(C2CC23CCCNC3)cc1. The van der Waals surface area contributed by atoms with Crippen LogP contribution in [0.5, 0.6) is 5.75 Å². The van der Waals surface area contributed by atoms with Crippen LogP contribution in [-0.4, -0.2) is 20.2 Å². The van der Waals surface area contributed by atoms with Gasteiger partial charge in [0.2, 0.25) is 0 Å². The van der Waals surface area contributed by atoms with E-state index >= 15 is 0 Å². The second kappa shape index (κ2) is 3.77. The molecule has 16 heavy (non-hydrogen) atoms. The lowest BCUT2D eigenvalue weighted by molar-refractivity contribution is 0.347. The maximum atomic E-state index is 5.19. The van der Waals surface area contributed by atoms with Gasteiger partial charge in [-0.15, -0.1) is 0 Å². The Morgan fingerprint density at radius 3 is 2.75 bits per heavy atom. The van der Waals surface area contributed by atoms with Crippen molar-refractivity contribution in [2.24, 2.45) is 5.41 Å². The van der Waals surface area contributed by atoms with Crippen LogP contribution in [0.15, 0.2) is 24.3 Å². The second-order valence-electron chi connectivity index (χ2n) is 5.17. The minimum Gasteiger partial charge on any atom is -0.497 e. The number of hydrogen-bond donors (Lipinski definition) is 1. The highest BCUT2D eigenvalue weighted by atomic mass is 16.5. The van der Waals surface area contributed by atoms with Crippen molar-refractivity contribution in [1.82, 2.24) is 5.32 Å². The molecule has 3 rings (SSSR count). The van der Waals surface area contributed by atoms with Gasteiger partial charge in [0.15, 0.2) is 0 Å². The van der Waals surface area contributed by atoms with Crippen LogP contribution in [-0.2, 0) is 0 Å². The van der Waals surface area contributed by atoms with E-state index in [1.54, 1.807) is 7.11 Å². The molecule has 1 aromatic carbocycles. The van der Waals surface area contributed by atoms with Gasteiger partial charge in [-0.3, -0.25) is 0 Å². The smallest absolute Gasteiger partial charge is 0.118 e. The quantitative estimate of drug-likeness (QED) is 0.822. The topological polar surface area (TPSA) is 21.3 Å². The van der Waals surface area contributed by atoms with Gasteiger partial charge in [0, 0.05) is 6.54 Å². The predicted molar refractivity (Wildman–Crippen MR) is 64.9 cm³/mol. The summed E-state index contributed by atoms with van der Waals surface area (Å²) in [5.74, 6) is 1.74. The van der Waals surface area contributed by atoms with Gasteiger partial charge in [-0.25, -0.2) is 0 Å². The first-order chi connectivity index (χ1) is 7.84.